The number of hydrogen-bond donors (Lipinski definition) is 0. The molecule has 2 aromatic rings. The lowest BCUT2D eigenvalue weighted by atomic mass is 10.1. The number of carbonyl (C=O) groups is 1. The van der Waals surface area contributed by atoms with Crippen molar-refractivity contribution in [1.82, 2.24) is 0 Å². The summed E-state index contributed by atoms with van der Waals surface area (Å²) >= 11 is 0. The summed E-state index contributed by atoms with van der Waals surface area (Å²) in [6.07, 6.45) is 0. The summed E-state index contributed by atoms with van der Waals surface area (Å²) in [5, 5.41) is 0.627. The van der Waals surface area contributed by atoms with Crippen LogP contribution in [0.25, 0.3) is 11.0 Å². The zero-order valence-electron chi connectivity index (χ0n) is 9.96. The summed E-state index contributed by atoms with van der Waals surface area (Å²) in [6, 6.07) is 2.65. The van der Waals surface area contributed by atoms with Crippen LogP contribution >= 0.6 is 0 Å². The van der Waals surface area contributed by atoms with Crippen molar-refractivity contribution in [1.29, 1.82) is 0 Å². The van der Waals surface area contributed by atoms with E-state index in [0.717, 1.165) is 0 Å². The molecule has 0 atom stereocenters. The van der Waals surface area contributed by atoms with Crippen LogP contribution in [0.3, 0.4) is 0 Å². The maximum atomic E-state index is 13.2. The lowest BCUT2D eigenvalue weighted by molar-refractivity contribution is 0.0526. The number of benzene rings is 1. The van der Waals surface area contributed by atoms with E-state index >= 15 is 0 Å². The Labute approximate surface area is 98.2 Å². The molecule has 4 heteroatoms. The molecule has 0 aliphatic rings. The highest BCUT2D eigenvalue weighted by molar-refractivity contribution is 6.05. The minimum atomic E-state index is -0.432. The van der Waals surface area contributed by atoms with Crippen LogP contribution < -0.4 is 0 Å². The molecule has 0 saturated carbocycles. The summed E-state index contributed by atoms with van der Waals surface area (Å²) < 4.78 is 23.6. The van der Waals surface area contributed by atoms with Crippen molar-refractivity contribution in [2.75, 3.05) is 6.61 Å². The van der Waals surface area contributed by atoms with Crippen LogP contribution in [-0.2, 0) is 4.74 Å². The topological polar surface area (TPSA) is 39.4 Å². The molecule has 0 aliphatic heterocycles. The molecule has 0 unspecified atom stereocenters. The van der Waals surface area contributed by atoms with Gasteiger partial charge in [0.05, 0.1) is 6.61 Å². The average Bonchev–Trinajstić information content (AvgIpc) is 2.54. The van der Waals surface area contributed by atoms with E-state index in [9.17, 15) is 9.18 Å². The van der Waals surface area contributed by atoms with Crippen LogP contribution in [0.15, 0.2) is 16.5 Å². The third-order valence-corrected chi connectivity index (χ3v) is 2.61. The number of ether oxygens (including phenoxy) is 1. The lowest BCUT2D eigenvalue weighted by Crippen LogP contribution is -2.05. The second-order valence-electron chi connectivity index (χ2n) is 3.85. The quantitative estimate of drug-likeness (QED) is 0.750. The minimum absolute atomic E-state index is 0.297. The molecule has 0 spiro atoms. The molecule has 3 nitrogen and oxygen atoms in total. The summed E-state index contributed by atoms with van der Waals surface area (Å²) in [5.41, 5.74) is 1.43. The monoisotopic (exact) mass is 236 g/mol. The van der Waals surface area contributed by atoms with E-state index in [4.69, 9.17) is 9.15 Å². The molecule has 0 amide bonds. The molecule has 1 heterocycles. The molecule has 2 rings (SSSR count). The van der Waals surface area contributed by atoms with Crippen LogP contribution in [0, 0.1) is 19.7 Å². The van der Waals surface area contributed by atoms with Gasteiger partial charge in [-0.3, -0.25) is 0 Å². The fourth-order valence-corrected chi connectivity index (χ4v) is 1.95. The number of furan rings is 1. The highest BCUT2D eigenvalue weighted by Crippen LogP contribution is 2.29. The fourth-order valence-electron chi connectivity index (χ4n) is 1.95. The van der Waals surface area contributed by atoms with Gasteiger partial charge in [-0.2, -0.15) is 0 Å². The van der Waals surface area contributed by atoms with Crippen LogP contribution in [0.4, 0.5) is 4.39 Å². The smallest absolute Gasteiger partial charge is 0.342 e. The van der Waals surface area contributed by atoms with Crippen molar-refractivity contribution in [3.63, 3.8) is 0 Å². The van der Waals surface area contributed by atoms with Crippen molar-refractivity contribution in [2.45, 2.75) is 20.8 Å². The first-order chi connectivity index (χ1) is 8.04. The third kappa shape index (κ3) is 1.90. The number of rotatable bonds is 2. The van der Waals surface area contributed by atoms with Gasteiger partial charge in [-0.15, -0.1) is 0 Å². The minimum Gasteiger partial charge on any atom is -0.462 e. The van der Waals surface area contributed by atoms with Gasteiger partial charge in [0, 0.05) is 11.5 Å². The zero-order valence-corrected chi connectivity index (χ0v) is 9.96. The van der Waals surface area contributed by atoms with E-state index in [1.54, 1.807) is 20.8 Å². The first kappa shape index (κ1) is 11.6. The molecule has 17 heavy (non-hydrogen) atoms. The van der Waals surface area contributed by atoms with Crippen LogP contribution in [-0.4, -0.2) is 12.6 Å². The SMILES string of the molecule is CCOC(=O)c1c(C)oc2cc(F)cc(C)c12. The molecule has 0 radical (unpaired) electrons. The zero-order chi connectivity index (χ0) is 12.6. The average molecular weight is 236 g/mol. The third-order valence-electron chi connectivity index (χ3n) is 2.61. The molecule has 0 N–H and O–H groups in total. The largest absolute Gasteiger partial charge is 0.462 e. The fraction of sp³-hybridized carbons (Fsp3) is 0.308. The molecule has 1 aromatic heterocycles. The van der Waals surface area contributed by atoms with Crippen molar-refractivity contribution in [3.8, 4) is 0 Å². The number of esters is 1. The molecular weight excluding hydrogens is 223 g/mol. The first-order valence-corrected chi connectivity index (χ1v) is 5.41. The number of halogens is 1. The van der Waals surface area contributed by atoms with Crippen molar-refractivity contribution in [2.24, 2.45) is 0 Å². The predicted octanol–water partition coefficient (Wildman–Crippen LogP) is 3.37. The second kappa shape index (κ2) is 4.20. The first-order valence-electron chi connectivity index (χ1n) is 5.41. The van der Waals surface area contributed by atoms with E-state index in [0.29, 0.717) is 34.5 Å². The Hall–Kier alpha value is -1.84. The second-order valence-corrected chi connectivity index (χ2v) is 3.85. The molecule has 0 aliphatic carbocycles. The van der Waals surface area contributed by atoms with Gasteiger partial charge in [0.2, 0.25) is 0 Å². The predicted molar refractivity (Wildman–Crippen MR) is 61.6 cm³/mol. The molecular formula is C13H13FO3. The summed E-state index contributed by atoms with van der Waals surface area (Å²) in [7, 11) is 0. The molecule has 0 saturated heterocycles. The Bertz CT molecular complexity index is 584. The highest BCUT2D eigenvalue weighted by Gasteiger charge is 2.21. The van der Waals surface area contributed by atoms with Crippen molar-refractivity contribution < 1.29 is 18.3 Å². The van der Waals surface area contributed by atoms with Gasteiger partial charge in [-0.05, 0) is 32.4 Å². The maximum absolute atomic E-state index is 13.2. The van der Waals surface area contributed by atoms with Gasteiger partial charge in [0.1, 0.15) is 22.7 Å². The van der Waals surface area contributed by atoms with Gasteiger partial charge in [-0.25, -0.2) is 9.18 Å². The Morgan fingerprint density at radius 1 is 1.41 bits per heavy atom. The number of fused-ring (bicyclic) bond motifs is 1. The van der Waals surface area contributed by atoms with Gasteiger partial charge >= 0.3 is 5.97 Å². The van der Waals surface area contributed by atoms with E-state index in [1.165, 1.54) is 12.1 Å². The van der Waals surface area contributed by atoms with Gasteiger partial charge < -0.3 is 9.15 Å². The molecule has 1 aromatic carbocycles. The van der Waals surface area contributed by atoms with E-state index in [-0.39, 0.29) is 5.82 Å². The van der Waals surface area contributed by atoms with Crippen molar-refractivity contribution >= 4 is 16.9 Å². The summed E-state index contributed by atoms with van der Waals surface area (Å²) in [6.45, 7) is 5.44. The Balaban J connectivity index is 2.71. The Morgan fingerprint density at radius 2 is 2.12 bits per heavy atom. The Morgan fingerprint density at radius 3 is 2.76 bits per heavy atom. The lowest BCUT2D eigenvalue weighted by Gasteiger charge is -2.02. The molecule has 0 fully saturated rings. The summed E-state index contributed by atoms with van der Waals surface area (Å²) in [5.74, 6) is -0.357. The number of aryl methyl sites for hydroxylation is 2. The van der Waals surface area contributed by atoms with E-state index in [1.807, 2.05) is 0 Å². The van der Waals surface area contributed by atoms with Gasteiger partial charge in [0.25, 0.3) is 0 Å². The Kier molecular flexibility index (Phi) is 2.88. The standard InChI is InChI=1S/C13H13FO3/c1-4-16-13(15)12-8(3)17-10-6-9(14)5-7(2)11(10)12/h5-6H,4H2,1-3H3. The summed E-state index contributed by atoms with van der Waals surface area (Å²) in [4.78, 5) is 11.8. The van der Waals surface area contributed by atoms with Crippen LogP contribution in [0.5, 0.6) is 0 Å². The highest BCUT2D eigenvalue weighted by atomic mass is 19.1. The van der Waals surface area contributed by atoms with Gasteiger partial charge in [0.15, 0.2) is 0 Å². The van der Waals surface area contributed by atoms with E-state index in [2.05, 4.69) is 0 Å². The molecule has 0 bridgehead atoms. The van der Waals surface area contributed by atoms with Crippen molar-refractivity contribution in [3.05, 3.63) is 34.8 Å². The van der Waals surface area contributed by atoms with E-state index < -0.39 is 5.97 Å². The van der Waals surface area contributed by atoms with Crippen LogP contribution in [0.2, 0.25) is 0 Å². The number of hydrogen-bond acceptors (Lipinski definition) is 3. The maximum Gasteiger partial charge on any atom is 0.342 e. The molecule has 90 valence electrons. The normalized spacial score (nSPS) is 10.8. The van der Waals surface area contributed by atoms with Crippen LogP contribution in [0.1, 0.15) is 28.6 Å². The van der Waals surface area contributed by atoms with Gasteiger partial charge in [-0.1, -0.05) is 0 Å². The number of carbonyl (C=O) groups excluding carboxylic acids is 1.